The number of H-pyrrole nitrogens is 1. The quantitative estimate of drug-likeness (QED) is 0.696. The van der Waals surface area contributed by atoms with Crippen LogP contribution in [0.2, 0.25) is 0 Å². The van der Waals surface area contributed by atoms with Crippen molar-refractivity contribution in [3.8, 4) is 0 Å². The van der Waals surface area contributed by atoms with E-state index in [2.05, 4.69) is 23.4 Å². The molecular weight excluding hydrogens is 188 g/mol. The van der Waals surface area contributed by atoms with Crippen LogP contribution in [0, 0.1) is 5.41 Å². The zero-order valence-electron chi connectivity index (χ0n) is 9.00. The van der Waals surface area contributed by atoms with Crippen molar-refractivity contribution in [2.75, 3.05) is 0 Å². The number of pyridine rings is 1. The van der Waals surface area contributed by atoms with E-state index in [-0.39, 0.29) is 5.56 Å². The molecule has 0 fully saturated rings. The number of hydrogen-bond donors (Lipinski definition) is 1. The van der Waals surface area contributed by atoms with Crippen LogP contribution in [0.5, 0.6) is 0 Å². The molecular formula is C12H14N2O. The standard InChI is InChI=1S/C12H14N2O/c1-12(2)6-8-5-9-10(14(8)7-12)3-4-13-11(9)15/h3-5H,6-7H2,1-2H3,(H,13,15). The predicted octanol–water partition coefficient (Wildman–Crippen LogP) is 1.91. The van der Waals surface area contributed by atoms with Gasteiger partial charge in [0.2, 0.25) is 0 Å². The highest BCUT2D eigenvalue weighted by atomic mass is 16.1. The number of fused-ring (bicyclic) bond motifs is 3. The molecule has 3 rings (SSSR count). The van der Waals surface area contributed by atoms with E-state index < -0.39 is 0 Å². The van der Waals surface area contributed by atoms with Gasteiger partial charge in [0.15, 0.2) is 0 Å². The van der Waals surface area contributed by atoms with Gasteiger partial charge < -0.3 is 9.55 Å². The Morgan fingerprint density at radius 2 is 2.27 bits per heavy atom. The Hall–Kier alpha value is -1.51. The minimum atomic E-state index is 0.0206. The van der Waals surface area contributed by atoms with Gasteiger partial charge in [-0.1, -0.05) is 13.8 Å². The molecule has 0 spiro atoms. The molecule has 0 aliphatic carbocycles. The normalized spacial score (nSPS) is 18.3. The van der Waals surface area contributed by atoms with Gasteiger partial charge in [0.1, 0.15) is 0 Å². The molecule has 0 amide bonds. The van der Waals surface area contributed by atoms with E-state index in [1.165, 1.54) is 5.69 Å². The van der Waals surface area contributed by atoms with E-state index in [0.29, 0.717) is 5.41 Å². The highest BCUT2D eigenvalue weighted by molar-refractivity contribution is 5.80. The molecule has 3 heterocycles. The fourth-order valence-corrected chi connectivity index (χ4v) is 2.56. The number of rotatable bonds is 0. The van der Waals surface area contributed by atoms with Crippen molar-refractivity contribution in [2.45, 2.75) is 26.8 Å². The minimum Gasteiger partial charge on any atom is -0.344 e. The van der Waals surface area contributed by atoms with E-state index in [1.54, 1.807) is 6.20 Å². The summed E-state index contributed by atoms with van der Waals surface area (Å²) in [5.41, 5.74) is 2.70. The van der Waals surface area contributed by atoms with Crippen molar-refractivity contribution < 1.29 is 0 Å². The molecule has 0 atom stereocenters. The number of hydrogen-bond acceptors (Lipinski definition) is 1. The van der Waals surface area contributed by atoms with Crippen LogP contribution in [-0.2, 0) is 13.0 Å². The smallest absolute Gasteiger partial charge is 0.257 e. The molecule has 0 saturated carbocycles. The third-order valence-corrected chi connectivity index (χ3v) is 3.17. The summed E-state index contributed by atoms with van der Waals surface area (Å²) in [6.07, 6.45) is 2.78. The monoisotopic (exact) mass is 202 g/mol. The van der Waals surface area contributed by atoms with Gasteiger partial charge in [-0.25, -0.2) is 0 Å². The van der Waals surface area contributed by atoms with Crippen LogP contribution in [0.4, 0.5) is 0 Å². The number of nitrogens with one attached hydrogen (secondary N) is 1. The Labute approximate surface area is 87.7 Å². The molecule has 1 aliphatic rings. The Balaban J connectivity index is 2.33. The van der Waals surface area contributed by atoms with E-state index >= 15 is 0 Å². The fourth-order valence-electron chi connectivity index (χ4n) is 2.56. The number of nitrogens with zero attached hydrogens (tertiary/aromatic N) is 1. The maximum Gasteiger partial charge on any atom is 0.257 e. The average molecular weight is 202 g/mol. The van der Waals surface area contributed by atoms with Gasteiger partial charge in [-0.2, -0.15) is 0 Å². The van der Waals surface area contributed by atoms with Crippen LogP contribution in [0.15, 0.2) is 23.1 Å². The van der Waals surface area contributed by atoms with Crippen LogP contribution in [0.3, 0.4) is 0 Å². The molecule has 15 heavy (non-hydrogen) atoms. The largest absolute Gasteiger partial charge is 0.344 e. The molecule has 0 saturated heterocycles. The maximum atomic E-state index is 11.6. The van der Waals surface area contributed by atoms with Crippen molar-refractivity contribution in [2.24, 2.45) is 5.41 Å². The minimum absolute atomic E-state index is 0.0206. The van der Waals surface area contributed by atoms with Crippen LogP contribution >= 0.6 is 0 Å². The Bertz CT molecular complexity index is 589. The van der Waals surface area contributed by atoms with E-state index in [9.17, 15) is 4.79 Å². The lowest BCUT2D eigenvalue weighted by Gasteiger charge is -2.15. The molecule has 3 nitrogen and oxygen atoms in total. The first-order valence-electron chi connectivity index (χ1n) is 5.27. The molecule has 2 aromatic heterocycles. The molecule has 0 bridgehead atoms. The molecule has 78 valence electrons. The van der Waals surface area contributed by atoms with Crippen LogP contribution in [0.1, 0.15) is 19.5 Å². The second-order valence-corrected chi connectivity index (χ2v) is 5.17. The van der Waals surface area contributed by atoms with Crippen LogP contribution < -0.4 is 5.56 Å². The fraction of sp³-hybridized carbons (Fsp3) is 0.417. The van der Waals surface area contributed by atoms with Crippen molar-refractivity contribution in [3.63, 3.8) is 0 Å². The highest BCUT2D eigenvalue weighted by Gasteiger charge is 2.29. The zero-order chi connectivity index (χ0) is 10.6. The van der Waals surface area contributed by atoms with Crippen LogP contribution in [-0.4, -0.2) is 9.55 Å². The molecule has 0 unspecified atom stereocenters. The summed E-state index contributed by atoms with van der Waals surface area (Å²) in [4.78, 5) is 14.3. The Morgan fingerprint density at radius 1 is 1.47 bits per heavy atom. The van der Waals surface area contributed by atoms with Gasteiger partial charge in [-0.15, -0.1) is 0 Å². The lowest BCUT2D eigenvalue weighted by atomic mass is 9.91. The first-order chi connectivity index (χ1) is 7.07. The SMILES string of the molecule is CC1(C)Cc2cc3c(=O)[nH]ccc3n2C1. The second kappa shape index (κ2) is 2.54. The molecule has 1 aliphatic heterocycles. The maximum absolute atomic E-state index is 11.6. The molecule has 2 aromatic rings. The van der Waals surface area contributed by atoms with Gasteiger partial charge in [-0.05, 0) is 24.0 Å². The summed E-state index contributed by atoms with van der Waals surface area (Å²) >= 11 is 0. The van der Waals surface area contributed by atoms with Gasteiger partial charge in [0.05, 0.1) is 10.9 Å². The molecule has 0 radical (unpaired) electrons. The predicted molar refractivity (Wildman–Crippen MR) is 60.0 cm³/mol. The summed E-state index contributed by atoms with van der Waals surface area (Å²) in [6.45, 7) is 5.54. The van der Waals surface area contributed by atoms with E-state index in [0.717, 1.165) is 23.9 Å². The third-order valence-electron chi connectivity index (χ3n) is 3.17. The lowest BCUT2D eigenvalue weighted by molar-refractivity contribution is 0.362. The highest BCUT2D eigenvalue weighted by Crippen LogP contribution is 2.34. The van der Waals surface area contributed by atoms with Crippen LogP contribution in [0.25, 0.3) is 10.9 Å². The third kappa shape index (κ3) is 1.16. The van der Waals surface area contributed by atoms with Gasteiger partial charge in [-0.3, -0.25) is 4.79 Å². The van der Waals surface area contributed by atoms with Crippen molar-refractivity contribution in [1.29, 1.82) is 0 Å². The first kappa shape index (κ1) is 8.77. The Kier molecular flexibility index (Phi) is 1.48. The number of aromatic amines is 1. The summed E-state index contributed by atoms with van der Waals surface area (Å²) in [5, 5.41) is 0.822. The second-order valence-electron chi connectivity index (χ2n) is 5.17. The first-order valence-corrected chi connectivity index (χ1v) is 5.27. The molecule has 1 N–H and O–H groups in total. The van der Waals surface area contributed by atoms with E-state index in [4.69, 9.17) is 0 Å². The Morgan fingerprint density at radius 3 is 3.07 bits per heavy atom. The van der Waals surface area contributed by atoms with Crippen molar-refractivity contribution in [3.05, 3.63) is 34.4 Å². The van der Waals surface area contributed by atoms with Gasteiger partial charge in [0.25, 0.3) is 5.56 Å². The average Bonchev–Trinajstić information content (AvgIpc) is 2.59. The van der Waals surface area contributed by atoms with E-state index in [1.807, 2.05) is 12.1 Å². The topological polar surface area (TPSA) is 37.8 Å². The van der Waals surface area contributed by atoms with Crippen molar-refractivity contribution in [1.82, 2.24) is 9.55 Å². The number of aromatic nitrogens is 2. The van der Waals surface area contributed by atoms with Crippen molar-refractivity contribution >= 4 is 10.9 Å². The van der Waals surface area contributed by atoms with Gasteiger partial charge in [0, 0.05) is 18.4 Å². The summed E-state index contributed by atoms with van der Waals surface area (Å²) in [5.74, 6) is 0. The summed E-state index contributed by atoms with van der Waals surface area (Å²) in [7, 11) is 0. The zero-order valence-corrected chi connectivity index (χ0v) is 9.00. The molecule has 0 aromatic carbocycles. The molecule has 3 heteroatoms. The summed E-state index contributed by atoms with van der Waals surface area (Å²) < 4.78 is 2.27. The summed E-state index contributed by atoms with van der Waals surface area (Å²) in [6, 6.07) is 4.02. The lowest BCUT2D eigenvalue weighted by Crippen LogP contribution is -2.13. The van der Waals surface area contributed by atoms with Gasteiger partial charge >= 0.3 is 0 Å².